The predicted octanol–water partition coefficient (Wildman–Crippen LogP) is 3.28. The third-order valence-corrected chi connectivity index (χ3v) is 5.87. The number of phenols is 1. The highest BCUT2D eigenvalue weighted by molar-refractivity contribution is 5.61. The smallest absolute Gasteiger partial charge is 0.264 e. The SMILES string of the molecule is Cc1cc(=O)[nH]n1-c1ccc(Nc2ccc(CCNCC(O)c3ccc(O)c(CO)c3)cc2)cc1. The number of H-pyrrole nitrogens is 1. The molecule has 0 aliphatic heterocycles. The number of nitrogens with one attached hydrogen (secondary N) is 3. The quantitative estimate of drug-likeness (QED) is 0.196. The van der Waals surface area contributed by atoms with Gasteiger partial charge in [-0.05, 0) is 79.5 Å². The highest BCUT2D eigenvalue weighted by Crippen LogP contribution is 2.22. The van der Waals surface area contributed by atoms with Crippen molar-refractivity contribution in [3.63, 3.8) is 0 Å². The van der Waals surface area contributed by atoms with Crippen molar-refractivity contribution in [1.82, 2.24) is 15.1 Å². The number of aliphatic hydroxyl groups excluding tert-OH is 2. The summed E-state index contributed by atoms with van der Waals surface area (Å²) >= 11 is 0. The van der Waals surface area contributed by atoms with Crippen molar-refractivity contribution in [1.29, 1.82) is 0 Å². The summed E-state index contributed by atoms with van der Waals surface area (Å²) in [6.45, 7) is 2.69. The van der Waals surface area contributed by atoms with E-state index in [2.05, 4.69) is 27.9 Å². The van der Waals surface area contributed by atoms with E-state index in [1.165, 1.54) is 11.6 Å². The molecular weight excluding hydrogens is 444 g/mol. The van der Waals surface area contributed by atoms with Crippen LogP contribution in [0.15, 0.2) is 77.6 Å². The van der Waals surface area contributed by atoms with Gasteiger partial charge in [0, 0.05) is 35.2 Å². The van der Waals surface area contributed by atoms with E-state index in [9.17, 15) is 20.1 Å². The van der Waals surface area contributed by atoms with Crippen LogP contribution in [0, 0.1) is 6.92 Å². The zero-order valence-corrected chi connectivity index (χ0v) is 19.5. The largest absolute Gasteiger partial charge is 0.508 e. The second-order valence-corrected chi connectivity index (χ2v) is 8.48. The molecule has 0 aliphatic carbocycles. The van der Waals surface area contributed by atoms with Gasteiger partial charge < -0.3 is 26.0 Å². The van der Waals surface area contributed by atoms with E-state index in [1.54, 1.807) is 22.9 Å². The average molecular weight is 475 g/mol. The van der Waals surface area contributed by atoms with Crippen molar-refractivity contribution < 1.29 is 15.3 Å². The molecule has 1 heterocycles. The minimum atomic E-state index is -0.722. The molecule has 182 valence electrons. The first-order valence-electron chi connectivity index (χ1n) is 11.5. The number of aromatic nitrogens is 2. The maximum Gasteiger partial charge on any atom is 0.264 e. The fraction of sp³-hybridized carbons (Fsp3) is 0.222. The minimum Gasteiger partial charge on any atom is -0.508 e. The van der Waals surface area contributed by atoms with Crippen LogP contribution in [0.5, 0.6) is 5.75 Å². The third kappa shape index (κ3) is 6.19. The standard InChI is InChI=1S/C27H30N4O4/c1-18-14-27(35)30-31(18)24-9-7-23(8-10-24)29-22-5-2-19(3-6-22)12-13-28-16-26(34)20-4-11-25(33)21(15-20)17-32/h2-11,14-15,26,28-29,32-34H,12-13,16-17H2,1H3,(H,30,35). The van der Waals surface area contributed by atoms with Crippen molar-refractivity contribution in [2.45, 2.75) is 26.1 Å². The second-order valence-electron chi connectivity index (χ2n) is 8.48. The number of nitrogens with zero attached hydrogens (tertiary/aromatic N) is 1. The van der Waals surface area contributed by atoms with E-state index < -0.39 is 6.10 Å². The molecule has 1 atom stereocenters. The lowest BCUT2D eigenvalue weighted by Gasteiger charge is -2.14. The van der Waals surface area contributed by atoms with Gasteiger partial charge >= 0.3 is 0 Å². The molecular formula is C27H30N4O4. The first kappa shape index (κ1) is 24.3. The molecule has 0 fully saturated rings. The minimum absolute atomic E-state index is 0.0240. The zero-order chi connectivity index (χ0) is 24.8. The van der Waals surface area contributed by atoms with Crippen LogP contribution in [-0.4, -0.2) is 38.2 Å². The summed E-state index contributed by atoms with van der Waals surface area (Å²) in [4.78, 5) is 11.5. The molecule has 0 spiro atoms. The molecule has 0 saturated carbocycles. The number of rotatable bonds is 10. The van der Waals surface area contributed by atoms with Gasteiger partial charge in [-0.2, -0.15) is 0 Å². The molecule has 8 heteroatoms. The van der Waals surface area contributed by atoms with Gasteiger partial charge in [0.1, 0.15) is 5.75 Å². The number of benzene rings is 3. The molecule has 8 nitrogen and oxygen atoms in total. The van der Waals surface area contributed by atoms with Gasteiger partial charge in [-0.3, -0.25) is 14.6 Å². The van der Waals surface area contributed by atoms with Gasteiger partial charge in [0.2, 0.25) is 0 Å². The van der Waals surface area contributed by atoms with Gasteiger partial charge in [0.15, 0.2) is 0 Å². The van der Waals surface area contributed by atoms with E-state index in [4.69, 9.17) is 0 Å². The topological polar surface area (TPSA) is 123 Å². The van der Waals surface area contributed by atoms with Crippen molar-refractivity contribution >= 4 is 11.4 Å². The summed E-state index contributed by atoms with van der Waals surface area (Å²) in [5.41, 5.74) is 5.77. The highest BCUT2D eigenvalue weighted by Gasteiger charge is 2.10. The monoisotopic (exact) mass is 474 g/mol. The Kier molecular flexibility index (Phi) is 7.67. The predicted molar refractivity (Wildman–Crippen MR) is 136 cm³/mol. The van der Waals surface area contributed by atoms with Crippen LogP contribution in [0.25, 0.3) is 5.69 Å². The molecule has 6 N–H and O–H groups in total. The van der Waals surface area contributed by atoms with Crippen LogP contribution in [0.2, 0.25) is 0 Å². The second kappa shape index (κ2) is 11.1. The number of hydrogen-bond acceptors (Lipinski definition) is 6. The maximum atomic E-state index is 11.5. The van der Waals surface area contributed by atoms with E-state index >= 15 is 0 Å². The van der Waals surface area contributed by atoms with E-state index in [-0.39, 0.29) is 17.9 Å². The van der Waals surface area contributed by atoms with Crippen molar-refractivity contribution in [3.8, 4) is 11.4 Å². The molecule has 3 aromatic carbocycles. The molecule has 1 unspecified atom stereocenters. The number of anilines is 2. The molecule has 1 aromatic heterocycles. The Hall–Kier alpha value is -3.85. The van der Waals surface area contributed by atoms with Gasteiger partial charge in [0.05, 0.1) is 18.4 Å². The molecule has 0 bridgehead atoms. The first-order chi connectivity index (χ1) is 16.9. The van der Waals surface area contributed by atoms with E-state index in [0.717, 1.165) is 29.2 Å². The van der Waals surface area contributed by atoms with Crippen molar-refractivity contribution in [3.05, 3.63) is 106 Å². The average Bonchev–Trinajstić information content (AvgIpc) is 3.21. The van der Waals surface area contributed by atoms with Crippen LogP contribution in [-0.2, 0) is 13.0 Å². The number of hydrogen-bond donors (Lipinski definition) is 6. The first-order valence-corrected chi connectivity index (χ1v) is 11.5. The molecule has 0 aliphatic rings. The molecule has 4 aromatic rings. The van der Waals surface area contributed by atoms with Crippen LogP contribution >= 0.6 is 0 Å². The van der Waals surface area contributed by atoms with Crippen LogP contribution in [0.1, 0.15) is 28.5 Å². The Morgan fingerprint density at radius 2 is 1.66 bits per heavy atom. The van der Waals surface area contributed by atoms with Gasteiger partial charge in [-0.25, -0.2) is 0 Å². The summed E-state index contributed by atoms with van der Waals surface area (Å²) in [5, 5.41) is 38.7. The zero-order valence-electron chi connectivity index (χ0n) is 19.5. The Morgan fingerprint density at radius 1 is 0.971 bits per heavy atom. The number of aliphatic hydroxyl groups is 2. The highest BCUT2D eigenvalue weighted by atomic mass is 16.3. The van der Waals surface area contributed by atoms with Crippen LogP contribution in [0.3, 0.4) is 0 Å². The van der Waals surface area contributed by atoms with Crippen LogP contribution < -0.4 is 16.2 Å². The fourth-order valence-corrected chi connectivity index (χ4v) is 3.90. The van der Waals surface area contributed by atoms with Crippen LogP contribution in [0.4, 0.5) is 11.4 Å². The Bertz CT molecular complexity index is 1310. The van der Waals surface area contributed by atoms with Crippen molar-refractivity contribution in [2.75, 3.05) is 18.4 Å². The van der Waals surface area contributed by atoms with Crippen molar-refractivity contribution in [2.24, 2.45) is 0 Å². The molecule has 35 heavy (non-hydrogen) atoms. The fourth-order valence-electron chi connectivity index (χ4n) is 3.90. The molecule has 0 radical (unpaired) electrons. The number of aromatic hydroxyl groups is 1. The van der Waals surface area contributed by atoms with E-state index in [0.29, 0.717) is 24.2 Å². The maximum absolute atomic E-state index is 11.5. The summed E-state index contributed by atoms with van der Waals surface area (Å²) in [7, 11) is 0. The Balaban J connectivity index is 1.25. The summed E-state index contributed by atoms with van der Waals surface area (Å²) in [5.74, 6) is 0.0240. The molecule has 0 saturated heterocycles. The number of aromatic amines is 1. The van der Waals surface area contributed by atoms with Gasteiger partial charge in [0.25, 0.3) is 5.56 Å². The summed E-state index contributed by atoms with van der Waals surface area (Å²) < 4.78 is 1.75. The number of aryl methyl sites for hydroxylation is 1. The lowest BCUT2D eigenvalue weighted by atomic mass is 10.1. The van der Waals surface area contributed by atoms with Gasteiger partial charge in [-0.15, -0.1) is 0 Å². The summed E-state index contributed by atoms with van der Waals surface area (Å²) in [6, 6.07) is 22.3. The molecule has 4 rings (SSSR count). The van der Waals surface area contributed by atoms with Gasteiger partial charge in [-0.1, -0.05) is 18.2 Å². The normalized spacial score (nSPS) is 12.0. The Morgan fingerprint density at radius 3 is 2.29 bits per heavy atom. The summed E-state index contributed by atoms with van der Waals surface area (Å²) in [6.07, 6.45) is 0.0914. The lowest BCUT2D eigenvalue weighted by molar-refractivity contribution is 0.174. The lowest BCUT2D eigenvalue weighted by Crippen LogP contribution is -2.23. The van der Waals surface area contributed by atoms with E-state index in [1.807, 2.05) is 43.3 Å². The Labute approximate surface area is 203 Å². The third-order valence-electron chi connectivity index (χ3n) is 5.87. The molecule has 0 amide bonds.